The van der Waals surface area contributed by atoms with E-state index in [1.807, 2.05) is 25.1 Å². The lowest BCUT2D eigenvalue weighted by Gasteiger charge is -2.21. The van der Waals surface area contributed by atoms with Crippen molar-refractivity contribution in [3.8, 4) is 0 Å². The van der Waals surface area contributed by atoms with Gasteiger partial charge in [-0.25, -0.2) is 4.98 Å². The van der Waals surface area contributed by atoms with E-state index in [4.69, 9.17) is 0 Å². The first-order valence-corrected chi connectivity index (χ1v) is 12.1. The summed E-state index contributed by atoms with van der Waals surface area (Å²) < 4.78 is 0. The van der Waals surface area contributed by atoms with Crippen LogP contribution in [0.1, 0.15) is 55.3 Å². The summed E-state index contributed by atoms with van der Waals surface area (Å²) in [6.45, 7) is 2.61. The molecule has 5 nitrogen and oxygen atoms in total. The van der Waals surface area contributed by atoms with Crippen LogP contribution >= 0.6 is 11.8 Å². The second kappa shape index (κ2) is 9.82. The summed E-state index contributed by atoms with van der Waals surface area (Å²) in [5.74, 6) is 3.44. The highest BCUT2D eigenvalue weighted by Crippen LogP contribution is 2.49. The van der Waals surface area contributed by atoms with Crippen molar-refractivity contribution in [1.29, 1.82) is 0 Å². The van der Waals surface area contributed by atoms with Gasteiger partial charge in [0.25, 0.3) is 5.56 Å². The molecule has 0 saturated heterocycles. The smallest absolute Gasteiger partial charge is 0.254 e. The van der Waals surface area contributed by atoms with Gasteiger partial charge < -0.3 is 10.3 Å². The molecule has 1 aromatic heterocycles. The van der Waals surface area contributed by atoms with Gasteiger partial charge in [0.2, 0.25) is 5.91 Å². The molecule has 30 heavy (non-hydrogen) atoms. The molecule has 2 aliphatic carbocycles. The van der Waals surface area contributed by atoms with E-state index in [1.165, 1.54) is 43.0 Å². The van der Waals surface area contributed by atoms with Crippen LogP contribution in [-0.4, -0.2) is 22.4 Å². The summed E-state index contributed by atoms with van der Waals surface area (Å²) in [5, 5.41) is 3.68. The number of aromatic amines is 1. The van der Waals surface area contributed by atoms with Crippen molar-refractivity contribution in [2.45, 2.75) is 62.8 Å². The Morgan fingerprint density at radius 1 is 1.23 bits per heavy atom. The zero-order valence-corrected chi connectivity index (χ0v) is 18.5. The molecule has 2 bridgehead atoms. The van der Waals surface area contributed by atoms with Crippen LogP contribution in [0.3, 0.4) is 0 Å². The third kappa shape index (κ3) is 5.34. The van der Waals surface area contributed by atoms with Crippen LogP contribution in [0, 0.1) is 24.7 Å². The van der Waals surface area contributed by atoms with E-state index in [2.05, 4.69) is 27.4 Å². The third-order valence-corrected chi connectivity index (χ3v) is 7.69. The maximum absolute atomic E-state index is 12.5. The van der Waals surface area contributed by atoms with Gasteiger partial charge in [-0.1, -0.05) is 48.5 Å². The summed E-state index contributed by atoms with van der Waals surface area (Å²) in [4.78, 5) is 32.2. The van der Waals surface area contributed by atoms with E-state index in [1.54, 1.807) is 0 Å². The molecule has 1 aromatic carbocycles. The average molecular weight is 426 g/mol. The Morgan fingerprint density at radius 3 is 2.77 bits per heavy atom. The Kier molecular flexibility index (Phi) is 6.93. The monoisotopic (exact) mass is 425 g/mol. The molecule has 3 atom stereocenters. The van der Waals surface area contributed by atoms with E-state index in [0.717, 1.165) is 36.5 Å². The minimum Gasteiger partial charge on any atom is -0.356 e. The fourth-order valence-electron chi connectivity index (χ4n) is 5.13. The lowest BCUT2D eigenvalue weighted by molar-refractivity contribution is -0.121. The zero-order valence-electron chi connectivity index (χ0n) is 17.7. The molecule has 2 aliphatic rings. The Hall–Kier alpha value is -2.08. The van der Waals surface area contributed by atoms with E-state index < -0.39 is 0 Å². The number of thioether (sulfide) groups is 1. The molecule has 4 rings (SSSR count). The van der Waals surface area contributed by atoms with Crippen molar-refractivity contribution in [3.05, 3.63) is 57.5 Å². The van der Waals surface area contributed by atoms with E-state index in [-0.39, 0.29) is 11.5 Å². The third-order valence-electron chi connectivity index (χ3n) is 6.74. The molecule has 2 saturated carbocycles. The lowest BCUT2D eigenvalue weighted by Crippen LogP contribution is -2.28. The molecule has 2 N–H and O–H groups in total. The first-order valence-electron chi connectivity index (χ1n) is 11.1. The Labute approximate surface area is 182 Å². The summed E-state index contributed by atoms with van der Waals surface area (Å²) in [7, 11) is 0. The predicted molar refractivity (Wildman–Crippen MR) is 120 cm³/mol. The zero-order chi connectivity index (χ0) is 20.9. The fraction of sp³-hybridized carbons (Fsp3) is 0.542. The molecule has 0 aliphatic heterocycles. The van der Waals surface area contributed by atoms with Crippen LogP contribution in [0.2, 0.25) is 0 Å². The van der Waals surface area contributed by atoms with E-state index in [9.17, 15) is 9.59 Å². The number of aryl methyl sites for hydroxylation is 1. The van der Waals surface area contributed by atoms with Crippen molar-refractivity contribution in [2.75, 3.05) is 6.54 Å². The summed E-state index contributed by atoms with van der Waals surface area (Å²) in [6, 6.07) is 10.1. The maximum Gasteiger partial charge on any atom is 0.254 e. The molecule has 1 heterocycles. The molecule has 1 amide bonds. The van der Waals surface area contributed by atoms with Crippen LogP contribution in [0.5, 0.6) is 0 Å². The number of fused-ring (bicyclic) bond motifs is 2. The Morgan fingerprint density at radius 2 is 2.07 bits per heavy atom. The highest BCUT2D eigenvalue weighted by Gasteiger charge is 2.38. The minimum atomic E-state index is -0.132. The number of hydrogen-bond acceptors (Lipinski definition) is 4. The van der Waals surface area contributed by atoms with E-state index in [0.29, 0.717) is 29.3 Å². The van der Waals surface area contributed by atoms with Gasteiger partial charge in [0, 0.05) is 30.0 Å². The molecule has 160 valence electrons. The van der Waals surface area contributed by atoms with Crippen LogP contribution in [0.15, 0.2) is 40.3 Å². The van der Waals surface area contributed by atoms with Gasteiger partial charge in [-0.05, 0) is 62.3 Å². The number of aromatic nitrogens is 2. The number of H-pyrrole nitrogens is 1. The van der Waals surface area contributed by atoms with Gasteiger partial charge in [-0.2, -0.15) is 0 Å². The number of nitrogens with one attached hydrogen (secondary N) is 2. The Bertz CT molecular complexity index is 928. The molecule has 0 radical (unpaired) electrons. The van der Waals surface area contributed by atoms with Gasteiger partial charge >= 0.3 is 0 Å². The first-order chi connectivity index (χ1) is 14.6. The largest absolute Gasteiger partial charge is 0.356 e. The number of nitrogens with zero attached hydrogens (tertiary/aromatic N) is 1. The molecule has 2 aromatic rings. The van der Waals surface area contributed by atoms with Crippen molar-refractivity contribution < 1.29 is 4.79 Å². The first kappa shape index (κ1) is 21.2. The molecular formula is C24H31N3O2S. The van der Waals surface area contributed by atoms with Crippen LogP contribution in [0.4, 0.5) is 0 Å². The number of rotatable bonds is 9. The highest BCUT2D eigenvalue weighted by molar-refractivity contribution is 7.98. The van der Waals surface area contributed by atoms with Crippen molar-refractivity contribution in [1.82, 2.24) is 15.3 Å². The van der Waals surface area contributed by atoms with Crippen molar-refractivity contribution >= 4 is 17.7 Å². The average Bonchev–Trinajstić information content (AvgIpc) is 3.36. The topological polar surface area (TPSA) is 74.8 Å². The fourth-order valence-corrected chi connectivity index (χ4v) is 5.99. The number of hydrogen-bond donors (Lipinski definition) is 2. The van der Waals surface area contributed by atoms with E-state index >= 15 is 0 Å². The van der Waals surface area contributed by atoms with Crippen molar-refractivity contribution in [3.63, 3.8) is 0 Å². The number of carbonyl (C=O) groups is 1. The highest BCUT2D eigenvalue weighted by atomic mass is 32.2. The van der Waals surface area contributed by atoms with Gasteiger partial charge in [-0.15, -0.1) is 0 Å². The minimum absolute atomic E-state index is 0.0273. The van der Waals surface area contributed by atoms with Gasteiger partial charge in [0.15, 0.2) is 5.16 Å². The van der Waals surface area contributed by atoms with Crippen LogP contribution in [-0.2, 0) is 17.0 Å². The second-order valence-corrected chi connectivity index (χ2v) is 9.75. The lowest BCUT2D eigenvalue weighted by atomic mass is 9.86. The molecule has 0 spiro atoms. The quantitative estimate of drug-likeness (QED) is 0.465. The molecule has 3 unspecified atom stereocenters. The standard InChI is InChI=1S/C24H31N3O2S/c1-16-21(23(29)27-24(26-16)30-15-17-5-3-2-4-6-17)9-10-22(28)25-12-11-20-14-18-7-8-19(20)13-18/h2-6,18-20H,7-15H2,1H3,(H,25,28)(H,26,27,29). The number of benzene rings is 1. The maximum atomic E-state index is 12.5. The molecule has 6 heteroatoms. The molecule has 2 fully saturated rings. The number of carbonyl (C=O) groups excluding carboxylic acids is 1. The summed E-state index contributed by atoms with van der Waals surface area (Å²) in [6.07, 6.45) is 7.43. The van der Waals surface area contributed by atoms with Gasteiger partial charge in [-0.3, -0.25) is 9.59 Å². The Balaban J connectivity index is 1.22. The van der Waals surface area contributed by atoms with Gasteiger partial charge in [0.05, 0.1) is 0 Å². The predicted octanol–water partition coefficient (Wildman–Crippen LogP) is 4.25. The molecular weight excluding hydrogens is 394 g/mol. The van der Waals surface area contributed by atoms with Gasteiger partial charge in [0.1, 0.15) is 0 Å². The van der Waals surface area contributed by atoms with Crippen molar-refractivity contribution in [2.24, 2.45) is 17.8 Å². The number of amides is 1. The summed E-state index contributed by atoms with van der Waals surface area (Å²) in [5.41, 5.74) is 2.38. The SMILES string of the molecule is Cc1nc(SCc2ccccc2)[nH]c(=O)c1CCC(=O)NCCC1CC2CCC1C2. The van der Waals surface area contributed by atoms with Crippen LogP contribution in [0.25, 0.3) is 0 Å². The normalized spacial score (nSPS) is 22.4. The van der Waals surface area contributed by atoms with Crippen LogP contribution < -0.4 is 10.9 Å². The second-order valence-electron chi connectivity index (χ2n) is 8.78. The summed E-state index contributed by atoms with van der Waals surface area (Å²) >= 11 is 1.52.